The Morgan fingerprint density at radius 2 is 1.69 bits per heavy atom. The van der Waals surface area contributed by atoms with Crippen molar-refractivity contribution in [2.75, 3.05) is 4.90 Å². The maximum absolute atomic E-state index is 13.0. The molecule has 1 aliphatic heterocycles. The van der Waals surface area contributed by atoms with E-state index in [9.17, 15) is 9.59 Å². The Morgan fingerprint density at radius 3 is 2.44 bits per heavy atom. The molecule has 0 bridgehead atoms. The summed E-state index contributed by atoms with van der Waals surface area (Å²) in [6.07, 6.45) is 1.66. The van der Waals surface area contributed by atoms with Gasteiger partial charge < -0.3 is 4.90 Å². The monoisotopic (exact) mass is 420 g/mol. The van der Waals surface area contributed by atoms with Crippen molar-refractivity contribution in [1.82, 2.24) is 15.8 Å². The summed E-state index contributed by atoms with van der Waals surface area (Å²) in [7, 11) is 0. The smallest absolute Gasteiger partial charge is 0.269 e. The number of carbonyl (C=O) groups excluding carboxylic acids is 2. The fourth-order valence-corrected chi connectivity index (χ4v) is 3.89. The second-order valence-corrected chi connectivity index (χ2v) is 7.54. The van der Waals surface area contributed by atoms with Crippen LogP contribution in [0.2, 0.25) is 0 Å². The van der Waals surface area contributed by atoms with Gasteiger partial charge in [0.1, 0.15) is 0 Å². The van der Waals surface area contributed by atoms with Crippen LogP contribution < -0.4 is 15.8 Å². The Hall–Kier alpha value is -4.45. The molecule has 156 valence electrons. The normalized spacial score (nSPS) is 12.1. The summed E-state index contributed by atoms with van der Waals surface area (Å²) in [6.45, 7) is 4.31. The zero-order chi connectivity index (χ0) is 22.1. The van der Waals surface area contributed by atoms with Crippen molar-refractivity contribution >= 4 is 34.0 Å². The van der Waals surface area contributed by atoms with Crippen LogP contribution in [0.15, 0.2) is 91.6 Å². The number of nitrogens with zero attached hydrogens (tertiary/aromatic N) is 2. The van der Waals surface area contributed by atoms with Crippen molar-refractivity contribution in [2.45, 2.75) is 6.54 Å². The van der Waals surface area contributed by atoms with Crippen molar-refractivity contribution in [1.29, 1.82) is 0 Å². The van der Waals surface area contributed by atoms with Gasteiger partial charge in [-0.25, -0.2) is 0 Å². The van der Waals surface area contributed by atoms with Crippen LogP contribution in [0.3, 0.4) is 0 Å². The number of nitrogens with one attached hydrogen (secondary N) is 2. The highest BCUT2D eigenvalue weighted by molar-refractivity contribution is 6.24. The Balaban J connectivity index is 1.27. The van der Waals surface area contributed by atoms with Crippen LogP contribution >= 0.6 is 0 Å². The molecule has 0 atom stereocenters. The first-order valence-electron chi connectivity index (χ1n) is 10.2. The van der Waals surface area contributed by atoms with Crippen molar-refractivity contribution in [3.8, 4) is 0 Å². The summed E-state index contributed by atoms with van der Waals surface area (Å²) in [5.74, 6) is -0.293. The number of aromatic nitrogens is 1. The minimum Gasteiger partial charge on any atom is -0.303 e. The van der Waals surface area contributed by atoms with Gasteiger partial charge in [-0.1, -0.05) is 49.0 Å². The third-order valence-corrected chi connectivity index (χ3v) is 5.51. The van der Waals surface area contributed by atoms with Crippen LogP contribution in [0.25, 0.3) is 16.5 Å². The van der Waals surface area contributed by atoms with Crippen LogP contribution in [0.1, 0.15) is 32.0 Å². The zero-order valence-electron chi connectivity index (χ0n) is 17.2. The largest absolute Gasteiger partial charge is 0.303 e. The highest BCUT2D eigenvalue weighted by atomic mass is 16.2. The van der Waals surface area contributed by atoms with Crippen LogP contribution in [-0.2, 0) is 6.54 Å². The number of hydrogen-bond acceptors (Lipinski definition) is 4. The van der Waals surface area contributed by atoms with E-state index in [1.807, 2.05) is 60.7 Å². The fraction of sp³-hybridized carbons (Fsp3) is 0.0385. The average molecular weight is 420 g/mol. The van der Waals surface area contributed by atoms with Gasteiger partial charge in [-0.3, -0.25) is 25.4 Å². The molecular formula is C26H20N4O2. The molecule has 0 saturated heterocycles. The Labute approximate surface area is 185 Å². The molecule has 3 aromatic carbocycles. The molecule has 0 unspecified atom stereocenters. The van der Waals surface area contributed by atoms with Crippen molar-refractivity contribution in [2.24, 2.45) is 0 Å². The lowest BCUT2D eigenvalue weighted by molar-refractivity contribution is 0.0941. The average Bonchev–Trinajstić information content (AvgIpc) is 3.11. The molecule has 0 saturated carbocycles. The highest BCUT2D eigenvalue weighted by Crippen LogP contribution is 2.37. The van der Waals surface area contributed by atoms with Crippen molar-refractivity contribution in [3.05, 3.63) is 114 Å². The van der Waals surface area contributed by atoms with Gasteiger partial charge in [-0.15, -0.1) is 0 Å². The molecule has 6 nitrogen and oxygen atoms in total. The van der Waals surface area contributed by atoms with E-state index < -0.39 is 0 Å². The predicted octanol–water partition coefficient (Wildman–Crippen LogP) is 4.30. The molecule has 5 rings (SSSR count). The maximum atomic E-state index is 13.0. The SMILES string of the molecule is C=C(NNC(=O)c1ccc(CN2C(=O)c3cccc4cccc2c34)cc1)c1ccccn1. The molecule has 2 amide bonds. The van der Waals surface area contributed by atoms with Gasteiger partial charge in [0.25, 0.3) is 11.8 Å². The van der Waals surface area contributed by atoms with Gasteiger partial charge in [-0.05, 0) is 47.3 Å². The predicted molar refractivity (Wildman–Crippen MR) is 125 cm³/mol. The zero-order valence-corrected chi connectivity index (χ0v) is 17.2. The second kappa shape index (κ2) is 8.00. The summed E-state index contributed by atoms with van der Waals surface area (Å²) >= 11 is 0. The standard InChI is InChI=1S/C26H20N4O2/c1-17(22-9-2-3-15-27-22)28-29-25(31)20-13-11-18(12-14-20)16-30-23-10-5-7-19-6-4-8-21(24(19)23)26(30)32/h2-15,28H,1,16H2,(H,29,31). The van der Waals surface area contributed by atoms with Crippen molar-refractivity contribution in [3.63, 3.8) is 0 Å². The molecule has 1 aromatic heterocycles. The summed E-state index contributed by atoms with van der Waals surface area (Å²) in [5.41, 5.74) is 9.64. The molecule has 0 aliphatic carbocycles. The molecule has 0 radical (unpaired) electrons. The number of pyridine rings is 1. The number of benzene rings is 3. The van der Waals surface area contributed by atoms with Gasteiger partial charge in [0.2, 0.25) is 0 Å². The van der Waals surface area contributed by atoms with E-state index in [4.69, 9.17) is 0 Å². The Kier molecular flexibility index (Phi) is 4.88. The number of anilines is 1. The van der Waals surface area contributed by atoms with E-state index >= 15 is 0 Å². The van der Waals surface area contributed by atoms with Gasteiger partial charge in [0.15, 0.2) is 0 Å². The molecule has 0 spiro atoms. The van der Waals surface area contributed by atoms with Gasteiger partial charge in [-0.2, -0.15) is 0 Å². The molecular weight excluding hydrogens is 400 g/mol. The highest BCUT2D eigenvalue weighted by Gasteiger charge is 2.29. The first-order valence-corrected chi connectivity index (χ1v) is 10.2. The number of amides is 2. The molecule has 2 N–H and O–H groups in total. The minimum absolute atomic E-state index is 0.00384. The number of carbonyl (C=O) groups is 2. The molecule has 0 fully saturated rings. The summed E-state index contributed by atoms with van der Waals surface area (Å²) < 4.78 is 0. The first-order chi connectivity index (χ1) is 15.6. The van der Waals surface area contributed by atoms with Crippen LogP contribution in [0, 0.1) is 0 Å². The topological polar surface area (TPSA) is 74.3 Å². The number of hydrazine groups is 1. The third kappa shape index (κ3) is 3.48. The lowest BCUT2D eigenvalue weighted by atomic mass is 10.1. The van der Waals surface area contributed by atoms with Crippen LogP contribution in [0.4, 0.5) is 5.69 Å². The molecule has 4 aromatic rings. The lowest BCUT2D eigenvalue weighted by Crippen LogP contribution is -2.36. The Morgan fingerprint density at radius 1 is 0.906 bits per heavy atom. The third-order valence-electron chi connectivity index (χ3n) is 5.51. The summed E-state index contributed by atoms with van der Waals surface area (Å²) in [4.78, 5) is 31.4. The minimum atomic E-state index is -0.289. The number of rotatable bonds is 6. The maximum Gasteiger partial charge on any atom is 0.269 e. The van der Waals surface area contributed by atoms with E-state index in [0.717, 1.165) is 27.6 Å². The van der Waals surface area contributed by atoms with E-state index in [2.05, 4.69) is 22.4 Å². The van der Waals surface area contributed by atoms with E-state index in [-0.39, 0.29) is 11.8 Å². The molecule has 6 heteroatoms. The van der Waals surface area contributed by atoms with Gasteiger partial charge in [0.05, 0.1) is 23.6 Å². The molecule has 2 heterocycles. The summed E-state index contributed by atoms with van der Waals surface area (Å²) in [6, 6.07) is 24.4. The molecule has 32 heavy (non-hydrogen) atoms. The van der Waals surface area contributed by atoms with Crippen LogP contribution in [0.5, 0.6) is 0 Å². The number of hydrogen-bond donors (Lipinski definition) is 2. The lowest BCUT2D eigenvalue weighted by Gasteiger charge is -2.18. The van der Waals surface area contributed by atoms with E-state index in [1.54, 1.807) is 29.3 Å². The second-order valence-electron chi connectivity index (χ2n) is 7.54. The van der Waals surface area contributed by atoms with Gasteiger partial charge in [0, 0.05) is 22.7 Å². The first kappa shape index (κ1) is 19.5. The molecule has 1 aliphatic rings. The summed E-state index contributed by atoms with van der Waals surface area (Å²) in [5, 5.41) is 2.05. The fourth-order valence-electron chi connectivity index (χ4n) is 3.89. The van der Waals surface area contributed by atoms with E-state index in [0.29, 0.717) is 23.5 Å². The Bertz CT molecular complexity index is 1340. The van der Waals surface area contributed by atoms with Crippen LogP contribution in [-0.4, -0.2) is 16.8 Å². The van der Waals surface area contributed by atoms with Gasteiger partial charge >= 0.3 is 0 Å². The van der Waals surface area contributed by atoms with E-state index in [1.165, 1.54) is 0 Å². The quantitative estimate of drug-likeness (QED) is 0.456. The van der Waals surface area contributed by atoms with Crippen molar-refractivity contribution < 1.29 is 9.59 Å².